The molecule has 1 aliphatic rings. The van der Waals surface area contributed by atoms with E-state index in [0.717, 1.165) is 11.4 Å². The summed E-state index contributed by atoms with van der Waals surface area (Å²) >= 11 is 0. The van der Waals surface area contributed by atoms with Gasteiger partial charge in [0.05, 0.1) is 43.5 Å². The van der Waals surface area contributed by atoms with Crippen molar-refractivity contribution in [2.24, 2.45) is 7.05 Å². The van der Waals surface area contributed by atoms with Gasteiger partial charge in [-0.1, -0.05) is 30.3 Å². The van der Waals surface area contributed by atoms with Gasteiger partial charge in [-0.05, 0) is 50.1 Å². The summed E-state index contributed by atoms with van der Waals surface area (Å²) in [7, 11) is 1.82. The van der Waals surface area contributed by atoms with E-state index in [0.29, 0.717) is 42.7 Å². The number of para-hydroxylation sites is 3. The van der Waals surface area contributed by atoms with Gasteiger partial charge < -0.3 is 35.7 Å². The Balaban J connectivity index is 1.41. The summed E-state index contributed by atoms with van der Waals surface area (Å²) in [5.74, 6) is -0.963. The van der Waals surface area contributed by atoms with Crippen LogP contribution in [0.1, 0.15) is 42.9 Å². The molecule has 0 bridgehead atoms. The molecule has 2 unspecified atom stereocenters. The first-order valence-electron chi connectivity index (χ1n) is 14.7. The number of benzene rings is 2. The van der Waals surface area contributed by atoms with Gasteiger partial charge in [-0.3, -0.25) is 19.1 Å². The highest BCUT2D eigenvalue weighted by Crippen LogP contribution is 2.32. The maximum atomic E-state index is 13.7. The highest BCUT2D eigenvalue weighted by atomic mass is 16.7. The van der Waals surface area contributed by atoms with Crippen molar-refractivity contribution >= 4 is 23.2 Å². The molecule has 0 saturated carbocycles. The molecule has 236 valence electrons. The molecule has 0 saturated heterocycles. The molecule has 2 amide bonds. The van der Waals surface area contributed by atoms with Gasteiger partial charge in [-0.15, -0.1) is 0 Å². The lowest BCUT2D eigenvalue weighted by molar-refractivity contribution is -0.151. The first kappa shape index (κ1) is 32.5. The van der Waals surface area contributed by atoms with Crippen LogP contribution >= 0.6 is 0 Å². The van der Waals surface area contributed by atoms with Crippen molar-refractivity contribution in [1.82, 2.24) is 14.7 Å². The van der Waals surface area contributed by atoms with Gasteiger partial charge in [-0.2, -0.15) is 0 Å². The van der Waals surface area contributed by atoms with Crippen LogP contribution in [0, 0.1) is 6.92 Å². The number of aliphatic hydroxyl groups excluding tert-OH is 1. The zero-order chi connectivity index (χ0) is 31.5. The summed E-state index contributed by atoms with van der Waals surface area (Å²) in [5.41, 5.74) is 8.82. The highest BCUT2D eigenvalue weighted by Gasteiger charge is 2.33. The lowest BCUT2D eigenvalue weighted by atomic mass is 9.93. The van der Waals surface area contributed by atoms with Crippen molar-refractivity contribution in [1.29, 1.82) is 0 Å². The Kier molecular flexibility index (Phi) is 11.8. The maximum Gasteiger partial charge on any atom is 0.286 e. The molecule has 1 aliphatic heterocycles. The molecule has 2 atom stereocenters. The number of anilines is 2. The van der Waals surface area contributed by atoms with Gasteiger partial charge in [0.1, 0.15) is 0 Å². The summed E-state index contributed by atoms with van der Waals surface area (Å²) in [6.45, 7) is 2.73. The number of nitrogens with two attached hydrogens (primary N) is 1. The van der Waals surface area contributed by atoms with Crippen molar-refractivity contribution in [2.45, 2.75) is 44.8 Å². The number of ether oxygens (including phenoxy) is 3. The third kappa shape index (κ3) is 8.37. The second-order valence-electron chi connectivity index (χ2n) is 10.5. The molecule has 2 aromatic carbocycles. The molecule has 5 N–H and O–H groups in total. The van der Waals surface area contributed by atoms with E-state index in [4.69, 9.17) is 25.1 Å². The molecule has 2 heterocycles. The zero-order valence-electron chi connectivity index (χ0n) is 25.2. The Morgan fingerprint density at radius 1 is 1.07 bits per heavy atom. The second kappa shape index (κ2) is 15.9. The van der Waals surface area contributed by atoms with Crippen LogP contribution in [-0.2, 0) is 30.8 Å². The van der Waals surface area contributed by atoms with E-state index in [9.17, 15) is 14.4 Å². The number of rotatable bonds is 15. The molecular weight excluding hydrogens is 566 g/mol. The maximum absolute atomic E-state index is 13.7. The Labute approximate surface area is 256 Å². The molecule has 0 radical (unpaired) electrons. The SMILES string of the molecule is Cc1c(C2C=C(C(=O)NCCCCC(=O)Nc3ccccc3N)OC(OCCOCCO)C2)c(=O)n(-c2ccccc2)n1C. The Morgan fingerprint density at radius 3 is 2.57 bits per heavy atom. The number of hydrogen-bond donors (Lipinski definition) is 4. The number of hydrogen-bond acceptors (Lipinski definition) is 8. The van der Waals surface area contributed by atoms with Crippen LogP contribution in [-0.4, -0.2) is 65.5 Å². The number of carbonyl (C=O) groups excluding carboxylic acids is 2. The molecule has 12 heteroatoms. The van der Waals surface area contributed by atoms with Crippen LogP contribution in [0.15, 0.2) is 71.2 Å². The van der Waals surface area contributed by atoms with Crippen LogP contribution in [0.5, 0.6) is 0 Å². The molecule has 0 fully saturated rings. The topological polar surface area (TPSA) is 159 Å². The van der Waals surface area contributed by atoms with Crippen LogP contribution in [0.2, 0.25) is 0 Å². The van der Waals surface area contributed by atoms with Gasteiger partial charge in [0.15, 0.2) is 5.76 Å². The van der Waals surface area contributed by atoms with E-state index < -0.39 is 18.1 Å². The minimum Gasteiger partial charge on any atom is -0.459 e. The number of carbonyl (C=O) groups is 2. The van der Waals surface area contributed by atoms with Crippen molar-refractivity contribution < 1.29 is 28.9 Å². The molecule has 0 aliphatic carbocycles. The van der Waals surface area contributed by atoms with Crippen LogP contribution in [0.3, 0.4) is 0 Å². The fourth-order valence-electron chi connectivity index (χ4n) is 5.06. The summed E-state index contributed by atoms with van der Waals surface area (Å²) in [6, 6.07) is 16.4. The molecule has 1 aromatic heterocycles. The van der Waals surface area contributed by atoms with E-state index in [-0.39, 0.29) is 50.1 Å². The fraction of sp³-hybridized carbons (Fsp3) is 0.406. The average Bonchev–Trinajstić information content (AvgIpc) is 3.25. The molecule has 3 aromatic rings. The zero-order valence-corrected chi connectivity index (χ0v) is 25.2. The molecule has 44 heavy (non-hydrogen) atoms. The number of nitrogen functional groups attached to an aromatic ring is 1. The lowest BCUT2D eigenvalue weighted by Crippen LogP contribution is -2.34. The normalized spacial score (nSPS) is 16.2. The summed E-state index contributed by atoms with van der Waals surface area (Å²) in [4.78, 5) is 39.2. The van der Waals surface area contributed by atoms with Crippen molar-refractivity contribution in [2.75, 3.05) is 44.0 Å². The van der Waals surface area contributed by atoms with Gasteiger partial charge in [0.2, 0.25) is 12.2 Å². The van der Waals surface area contributed by atoms with E-state index >= 15 is 0 Å². The minimum absolute atomic E-state index is 0.0636. The van der Waals surface area contributed by atoms with E-state index in [1.165, 1.54) is 0 Å². The number of nitrogens with one attached hydrogen (secondary N) is 2. The molecule has 0 spiro atoms. The third-order valence-corrected chi connectivity index (χ3v) is 7.37. The van der Waals surface area contributed by atoms with Gasteiger partial charge in [-0.25, -0.2) is 4.68 Å². The number of aromatic nitrogens is 2. The first-order chi connectivity index (χ1) is 21.3. The van der Waals surface area contributed by atoms with Crippen molar-refractivity contribution in [3.8, 4) is 5.69 Å². The molecule has 12 nitrogen and oxygen atoms in total. The number of amides is 2. The predicted molar refractivity (Wildman–Crippen MR) is 166 cm³/mol. The lowest BCUT2D eigenvalue weighted by Gasteiger charge is -2.29. The monoisotopic (exact) mass is 607 g/mol. The van der Waals surface area contributed by atoms with Crippen molar-refractivity contribution in [3.05, 3.63) is 88.0 Å². The predicted octanol–water partition coefficient (Wildman–Crippen LogP) is 2.73. The average molecular weight is 608 g/mol. The fourth-order valence-corrected chi connectivity index (χ4v) is 5.06. The Hall–Kier alpha value is -4.39. The number of aliphatic hydroxyl groups is 1. The Morgan fingerprint density at radius 2 is 1.82 bits per heavy atom. The van der Waals surface area contributed by atoms with Gasteiger partial charge in [0, 0.05) is 43.6 Å². The number of allylic oxidation sites excluding steroid dienone is 1. The van der Waals surface area contributed by atoms with E-state index in [1.807, 2.05) is 44.3 Å². The highest BCUT2D eigenvalue weighted by molar-refractivity contribution is 5.93. The summed E-state index contributed by atoms with van der Waals surface area (Å²) in [5, 5.41) is 14.6. The summed E-state index contributed by atoms with van der Waals surface area (Å²) in [6.07, 6.45) is 2.62. The molecule has 4 rings (SSSR count). The van der Waals surface area contributed by atoms with Crippen LogP contribution in [0.25, 0.3) is 5.69 Å². The second-order valence-corrected chi connectivity index (χ2v) is 10.5. The van der Waals surface area contributed by atoms with E-state index in [2.05, 4.69) is 10.6 Å². The third-order valence-electron chi connectivity index (χ3n) is 7.37. The van der Waals surface area contributed by atoms with E-state index in [1.54, 1.807) is 39.7 Å². The first-order valence-corrected chi connectivity index (χ1v) is 14.7. The standard InChI is InChI=1S/C32H41N5O7/c1-22-30(32(41)37(36(22)2)24-10-4-3-5-11-24)23-20-27(44-29(21-23)43-19-18-42-17-16-38)31(40)34-15-9-8-14-28(39)35-26-13-7-6-12-25(26)33/h3-7,10-13,20,23,29,38H,8-9,14-19,21,33H2,1-2H3,(H,34,40)(H,35,39). The Bertz CT molecular complexity index is 1500. The minimum atomic E-state index is -0.790. The van der Waals surface area contributed by atoms with Gasteiger partial charge >= 0.3 is 0 Å². The number of nitrogens with zero attached hydrogens (tertiary/aromatic N) is 2. The largest absolute Gasteiger partial charge is 0.459 e. The van der Waals surface area contributed by atoms with Crippen LogP contribution in [0.4, 0.5) is 11.4 Å². The quantitative estimate of drug-likeness (QED) is 0.152. The van der Waals surface area contributed by atoms with Crippen molar-refractivity contribution in [3.63, 3.8) is 0 Å². The smallest absolute Gasteiger partial charge is 0.286 e. The van der Waals surface area contributed by atoms with Crippen LogP contribution < -0.4 is 21.9 Å². The number of unbranched alkanes of at least 4 members (excludes halogenated alkanes) is 1. The summed E-state index contributed by atoms with van der Waals surface area (Å²) < 4.78 is 20.5. The van der Waals surface area contributed by atoms with Gasteiger partial charge in [0.25, 0.3) is 11.5 Å². The molecular formula is C32H41N5O7.